The van der Waals surface area contributed by atoms with Gasteiger partial charge in [0.05, 0.1) is 5.71 Å². The van der Waals surface area contributed by atoms with Crippen molar-refractivity contribution in [3.05, 3.63) is 106 Å². The van der Waals surface area contributed by atoms with Crippen molar-refractivity contribution < 1.29 is 8.42 Å². The van der Waals surface area contributed by atoms with Crippen LogP contribution in [0.2, 0.25) is 5.02 Å². The molecule has 1 heterocycles. The van der Waals surface area contributed by atoms with Crippen LogP contribution in [-0.4, -0.2) is 14.1 Å². The van der Waals surface area contributed by atoms with Gasteiger partial charge < -0.3 is 0 Å². The summed E-state index contributed by atoms with van der Waals surface area (Å²) >= 11 is 6.09. The third kappa shape index (κ3) is 3.26. The third-order valence-corrected chi connectivity index (χ3v) is 6.17. The predicted molar refractivity (Wildman–Crippen MR) is 113 cm³/mol. The molecule has 0 fully saturated rings. The average molecular weight is 411 g/mol. The Kier molecular flexibility index (Phi) is 4.62. The van der Waals surface area contributed by atoms with Crippen LogP contribution >= 0.6 is 11.6 Å². The van der Waals surface area contributed by atoms with Gasteiger partial charge in [-0.25, -0.2) is 0 Å². The largest absolute Gasteiger partial charge is 0.321 e. The van der Waals surface area contributed by atoms with Crippen LogP contribution in [-0.2, 0) is 15.7 Å². The lowest BCUT2D eigenvalue weighted by molar-refractivity contribution is 0.566. The molecule has 1 N–H and O–H groups in total. The average Bonchev–Trinajstić information content (AvgIpc) is 2.96. The molecule has 0 saturated heterocycles. The van der Waals surface area contributed by atoms with Crippen LogP contribution in [0.3, 0.4) is 0 Å². The summed E-state index contributed by atoms with van der Waals surface area (Å²) in [5, 5.41) is 0.581. The van der Waals surface area contributed by atoms with Gasteiger partial charge in [-0.2, -0.15) is 17.5 Å². The standard InChI is InChI=1S/C22H19ClN2O2S/c1-15-3-7-17(8-4-15)21-22(25-28(26,27)24-21,18-9-5-16(2)6-10-18)19-11-13-20(23)14-12-19/h3-14,25H,1-2H3/t22-/m1/s1. The number of aryl methyl sites for hydroxylation is 2. The van der Waals surface area contributed by atoms with E-state index in [1.807, 2.05) is 74.5 Å². The van der Waals surface area contributed by atoms with E-state index in [2.05, 4.69) is 9.12 Å². The monoisotopic (exact) mass is 410 g/mol. The fourth-order valence-corrected chi connectivity index (χ4v) is 4.87. The minimum absolute atomic E-state index is 0.443. The molecule has 0 radical (unpaired) electrons. The molecule has 142 valence electrons. The summed E-state index contributed by atoms with van der Waals surface area (Å²) in [5.41, 5.74) is 3.78. The number of rotatable bonds is 3. The minimum Gasteiger partial charge on any atom is -0.187 e. The predicted octanol–water partition coefficient (Wildman–Crippen LogP) is 4.54. The number of nitrogens with zero attached hydrogens (tertiary/aromatic N) is 1. The van der Waals surface area contributed by atoms with Crippen LogP contribution in [0, 0.1) is 13.8 Å². The van der Waals surface area contributed by atoms with Crippen molar-refractivity contribution in [1.82, 2.24) is 4.72 Å². The summed E-state index contributed by atoms with van der Waals surface area (Å²) in [6.07, 6.45) is 0. The van der Waals surface area contributed by atoms with E-state index in [1.165, 1.54) is 0 Å². The molecular formula is C22H19ClN2O2S. The molecular weight excluding hydrogens is 392 g/mol. The van der Waals surface area contributed by atoms with Crippen molar-refractivity contribution in [3.63, 3.8) is 0 Å². The second kappa shape index (κ2) is 6.85. The highest BCUT2D eigenvalue weighted by atomic mass is 35.5. The van der Waals surface area contributed by atoms with Crippen LogP contribution in [0.5, 0.6) is 0 Å². The molecule has 0 amide bonds. The highest BCUT2D eigenvalue weighted by molar-refractivity contribution is 7.88. The lowest BCUT2D eigenvalue weighted by atomic mass is 9.77. The quantitative estimate of drug-likeness (QED) is 0.689. The normalized spacial score (nSPS) is 20.8. The van der Waals surface area contributed by atoms with Gasteiger partial charge in [-0.3, -0.25) is 0 Å². The summed E-state index contributed by atoms with van der Waals surface area (Å²) < 4.78 is 32.2. The molecule has 1 atom stereocenters. The first-order valence-corrected chi connectivity index (χ1v) is 10.7. The molecule has 0 aromatic heterocycles. The van der Waals surface area contributed by atoms with E-state index in [4.69, 9.17) is 11.6 Å². The van der Waals surface area contributed by atoms with Crippen molar-refractivity contribution in [2.24, 2.45) is 4.40 Å². The van der Waals surface area contributed by atoms with Crippen LogP contribution < -0.4 is 4.72 Å². The molecule has 0 spiro atoms. The fraction of sp³-hybridized carbons (Fsp3) is 0.136. The Morgan fingerprint density at radius 3 is 1.79 bits per heavy atom. The molecule has 0 aliphatic carbocycles. The van der Waals surface area contributed by atoms with Gasteiger partial charge in [0.25, 0.3) is 0 Å². The van der Waals surface area contributed by atoms with E-state index in [9.17, 15) is 8.42 Å². The number of hydrogen-bond acceptors (Lipinski definition) is 2. The maximum atomic E-state index is 12.7. The Morgan fingerprint density at radius 1 is 0.786 bits per heavy atom. The Labute approximate surface area is 170 Å². The molecule has 0 saturated carbocycles. The summed E-state index contributed by atoms with van der Waals surface area (Å²) in [6.45, 7) is 3.98. The highest BCUT2D eigenvalue weighted by Crippen LogP contribution is 2.39. The smallest absolute Gasteiger partial charge is 0.187 e. The summed E-state index contributed by atoms with van der Waals surface area (Å²) in [5.74, 6) is 0. The lowest BCUT2D eigenvalue weighted by Crippen LogP contribution is -2.47. The van der Waals surface area contributed by atoms with Gasteiger partial charge in [0.1, 0.15) is 5.54 Å². The zero-order chi connectivity index (χ0) is 19.9. The maximum absolute atomic E-state index is 12.7. The Bertz CT molecular complexity index is 1110. The summed E-state index contributed by atoms with van der Waals surface area (Å²) in [4.78, 5) is 0. The van der Waals surface area contributed by atoms with Crippen molar-refractivity contribution in [1.29, 1.82) is 0 Å². The topological polar surface area (TPSA) is 58.5 Å². The van der Waals surface area contributed by atoms with E-state index < -0.39 is 15.7 Å². The number of nitrogens with one attached hydrogen (secondary N) is 1. The zero-order valence-corrected chi connectivity index (χ0v) is 17.1. The number of halogens is 1. The van der Waals surface area contributed by atoms with Gasteiger partial charge in [0, 0.05) is 5.02 Å². The van der Waals surface area contributed by atoms with Gasteiger partial charge in [0.15, 0.2) is 0 Å². The van der Waals surface area contributed by atoms with Crippen LogP contribution in [0.25, 0.3) is 0 Å². The molecule has 4 nitrogen and oxygen atoms in total. The van der Waals surface area contributed by atoms with Gasteiger partial charge in [0.2, 0.25) is 0 Å². The van der Waals surface area contributed by atoms with Gasteiger partial charge >= 0.3 is 10.2 Å². The van der Waals surface area contributed by atoms with Crippen LogP contribution in [0.1, 0.15) is 27.8 Å². The second-order valence-corrected chi connectivity index (χ2v) is 8.78. The second-order valence-electron chi connectivity index (χ2n) is 7.01. The fourth-order valence-electron chi connectivity index (χ4n) is 3.50. The van der Waals surface area contributed by atoms with Gasteiger partial charge in [-0.05, 0) is 42.7 Å². The SMILES string of the molecule is Cc1ccc(C2=NS(=O)(=O)N[C@]2(c2ccc(C)cc2)c2ccc(Cl)cc2)cc1. The van der Waals surface area contributed by atoms with Crippen molar-refractivity contribution in [2.75, 3.05) is 0 Å². The highest BCUT2D eigenvalue weighted by Gasteiger charge is 2.48. The van der Waals surface area contributed by atoms with E-state index in [1.54, 1.807) is 12.1 Å². The van der Waals surface area contributed by atoms with Crippen molar-refractivity contribution in [2.45, 2.75) is 19.4 Å². The van der Waals surface area contributed by atoms with Crippen LogP contribution in [0.15, 0.2) is 77.2 Å². The summed E-state index contributed by atoms with van der Waals surface area (Å²) in [6, 6.07) is 22.7. The van der Waals surface area contributed by atoms with E-state index >= 15 is 0 Å². The molecule has 4 rings (SSSR count). The zero-order valence-electron chi connectivity index (χ0n) is 15.5. The summed E-state index contributed by atoms with van der Waals surface area (Å²) in [7, 11) is -3.87. The Hall–Kier alpha value is -2.47. The van der Waals surface area contributed by atoms with Crippen molar-refractivity contribution in [3.8, 4) is 0 Å². The maximum Gasteiger partial charge on any atom is 0.321 e. The molecule has 28 heavy (non-hydrogen) atoms. The first-order chi connectivity index (χ1) is 13.3. The molecule has 6 heteroatoms. The molecule has 1 aliphatic heterocycles. The van der Waals surface area contributed by atoms with Gasteiger partial charge in [-0.1, -0.05) is 83.4 Å². The van der Waals surface area contributed by atoms with E-state index in [0.29, 0.717) is 10.7 Å². The van der Waals surface area contributed by atoms with Crippen LogP contribution in [0.4, 0.5) is 0 Å². The van der Waals surface area contributed by atoms with E-state index in [-0.39, 0.29) is 0 Å². The number of benzene rings is 3. The molecule has 3 aromatic rings. The van der Waals surface area contributed by atoms with E-state index in [0.717, 1.165) is 27.8 Å². The van der Waals surface area contributed by atoms with Gasteiger partial charge in [-0.15, -0.1) is 0 Å². The third-order valence-electron chi connectivity index (χ3n) is 4.94. The molecule has 1 aliphatic rings. The lowest BCUT2D eigenvalue weighted by Gasteiger charge is -2.31. The Balaban J connectivity index is 2.03. The first-order valence-electron chi connectivity index (χ1n) is 8.85. The van der Waals surface area contributed by atoms with Crippen molar-refractivity contribution >= 4 is 27.5 Å². The molecule has 0 unspecified atom stereocenters. The number of hydrogen-bond donors (Lipinski definition) is 1. The molecule has 0 bridgehead atoms. The first kappa shape index (κ1) is 18.9. The molecule has 3 aromatic carbocycles. The Morgan fingerprint density at radius 2 is 1.25 bits per heavy atom. The minimum atomic E-state index is -3.87.